The molecule has 4 bridgehead atoms. The third kappa shape index (κ3) is 2.85. The van der Waals surface area contributed by atoms with Gasteiger partial charge in [-0.1, -0.05) is 0 Å². The zero-order valence-corrected chi connectivity index (χ0v) is 16.3. The average molecular weight is 404 g/mol. The van der Waals surface area contributed by atoms with E-state index in [1.165, 1.54) is 12.7 Å². The summed E-state index contributed by atoms with van der Waals surface area (Å²) >= 11 is 6.81. The molecule has 28 heavy (non-hydrogen) atoms. The van der Waals surface area contributed by atoms with Gasteiger partial charge in [-0.05, 0) is 57.3 Å². The molecule has 148 valence electrons. The second kappa shape index (κ2) is 6.14. The Morgan fingerprint density at radius 2 is 2.00 bits per heavy atom. The van der Waals surface area contributed by atoms with Gasteiger partial charge in [-0.15, -0.1) is 11.6 Å². The molecule has 8 nitrogen and oxygen atoms in total. The van der Waals surface area contributed by atoms with E-state index in [9.17, 15) is 9.59 Å². The quantitative estimate of drug-likeness (QED) is 0.600. The number of rotatable bonds is 4. The minimum atomic E-state index is -0.931. The number of anilines is 1. The van der Waals surface area contributed by atoms with Gasteiger partial charge in [0.05, 0.1) is 11.7 Å². The Balaban J connectivity index is 1.29. The van der Waals surface area contributed by atoms with E-state index in [-0.39, 0.29) is 10.8 Å². The first-order valence-electron chi connectivity index (χ1n) is 9.71. The molecule has 2 aromatic heterocycles. The first-order chi connectivity index (χ1) is 13.4. The van der Waals surface area contributed by atoms with Crippen molar-refractivity contribution in [3.8, 4) is 0 Å². The van der Waals surface area contributed by atoms with Gasteiger partial charge >= 0.3 is 5.97 Å². The number of imidazole rings is 1. The summed E-state index contributed by atoms with van der Waals surface area (Å²) in [6.07, 6.45) is 7.32. The first-order valence-corrected chi connectivity index (χ1v) is 10.1. The summed E-state index contributed by atoms with van der Waals surface area (Å²) in [5.41, 5.74) is 0.446. The average Bonchev–Trinajstić information content (AvgIpc) is 3.09. The van der Waals surface area contributed by atoms with Crippen molar-refractivity contribution in [1.29, 1.82) is 0 Å². The highest BCUT2D eigenvalue weighted by Gasteiger charge is 2.61. The lowest BCUT2D eigenvalue weighted by Crippen LogP contribution is -2.57. The van der Waals surface area contributed by atoms with E-state index < -0.39 is 17.4 Å². The van der Waals surface area contributed by atoms with E-state index in [1.54, 1.807) is 6.92 Å². The van der Waals surface area contributed by atoms with Crippen molar-refractivity contribution in [1.82, 2.24) is 19.9 Å². The minimum Gasteiger partial charge on any atom is -0.452 e. The number of nitrogens with one attached hydrogen (secondary N) is 2. The maximum absolute atomic E-state index is 13.1. The molecule has 0 aliphatic heterocycles. The van der Waals surface area contributed by atoms with Crippen molar-refractivity contribution in [2.45, 2.75) is 56.4 Å². The SMILES string of the molecule is CC(OC(=O)C12CC3CC(CC(Cl)(C3)C1)C2)C(=O)Nc1ncnc2nc[nH]c12. The van der Waals surface area contributed by atoms with Crippen LogP contribution in [0.4, 0.5) is 5.82 Å². The zero-order chi connectivity index (χ0) is 19.5. The zero-order valence-electron chi connectivity index (χ0n) is 15.6. The molecule has 1 amide bonds. The third-order valence-corrected chi connectivity index (χ3v) is 6.98. The molecule has 2 heterocycles. The van der Waals surface area contributed by atoms with E-state index in [0.717, 1.165) is 32.1 Å². The molecule has 4 fully saturated rings. The number of aromatic nitrogens is 4. The Morgan fingerprint density at radius 3 is 2.71 bits per heavy atom. The summed E-state index contributed by atoms with van der Waals surface area (Å²) in [5, 5.41) is 2.69. The Labute approximate surface area is 166 Å². The lowest BCUT2D eigenvalue weighted by molar-refractivity contribution is -0.176. The smallest absolute Gasteiger partial charge is 0.312 e. The molecule has 4 aliphatic carbocycles. The highest BCUT2D eigenvalue weighted by molar-refractivity contribution is 6.24. The van der Waals surface area contributed by atoms with Gasteiger partial charge in [0.15, 0.2) is 17.6 Å². The molecule has 0 spiro atoms. The van der Waals surface area contributed by atoms with Gasteiger partial charge in [0, 0.05) is 4.87 Å². The third-order valence-electron chi connectivity index (χ3n) is 6.54. The van der Waals surface area contributed by atoms with E-state index in [4.69, 9.17) is 16.3 Å². The number of ether oxygens (including phenoxy) is 1. The van der Waals surface area contributed by atoms with Gasteiger partial charge in [0.25, 0.3) is 5.91 Å². The largest absolute Gasteiger partial charge is 0.452 e. The second-order valence-electron chi connectivity index (χ2n) is 8.75. The summed E-state index contributed by atoms with van der Waals surface area (Å²) in [6.45, 7) is 1.58. The fraction of sp³-hybridized carbons (Fsp3) is 0.632. The maximum atomic E-state index is 13.1. The Kier molecular flexibility index (Phi) is 3.91. The topological polar surface area (TPSA) is 110 Å². The highest BCUT2D eigenvalue weighted by atomic mass is 35.5. The van der Waals surface area contributed by atoms with Crippen molar-refractivity contribution in [3.05, 3.63) is 12.7 Å². The van der Waals surface area contributed by atoms with Crippen LogP contribution < -0.4 is 5.32 Å². The Bertz CT molecular complexity index is 946. The van der Waals surface area contributed by atoms with Crippen LogP contribution in [0, 0.1) is 17.3 Å². The summed E-state index contributed by atoms with van der Waals surface area (Å²) in [5.74, 6) is 0.567. The van der Waals surface area contributed by atoms with Crippen LogP contribution in [0.3, 0.4) is 0 Å². The molecule has 6 rings (SSSR count). The van der Waals surface area contributed by atoms with Crippen LogP contribution in [0.15, 0.2) is 12.7 Å². The van der Waals surface area contributed by atoms with E-state index in [1.807, 2.05) is 0 Å². The lowest BCUT2D eigenvalue weighted by Gasteiger charge is -2.58. The molecule has 9 heteroatoms. The molecule has 0 saturated heterocycles. The van der Waals surface area contributed by atoms with E-state index >= 15 is 0 Å². The Morgan fingerprint density at radius 1 is 1.25 bits per heavy atom. The fourth-order valence-corrected chi connectivity index (χ4v) is 6.50. The number of carbonyl (C=O) groups is 2. The summed E-state index contributed by atoms with van der Waals surface area (Å²) in [7, 11) is 0. The van der Waals surface area contributed by atoms with Gasteiger partial charge in [-0.25, -0.2) is 15.0 Å². The molecule has 2 aromatic rings. The van der Waals surface area contributed by atoms with Crippen LogP contribution in [-0.4, -0.2) is 42.8 Å². The first kappa shape index (κ1) is 17.8. The van der Waals surface area contributed by atoms with Gasteiger partial charge < -0.3 is 15.0 Å². The molecule has 4 aliphatic rings. The summed E-state index contributed by atoms with van der Waals surface area (Å²) in [6, 6.07) is 0. The number of aromatic amines is 1. The lowest BCUT2D eigenvalue weighted by atomic mass is 9.49. The number of alkyl halides is 1. The van der Waals surface area contributed by atoms with Crippen LogP contribution >= 0.6 is 11.6 Å². The van der Waals surface area contributed by atoms with Crippen LogP contribution in [0.5, 0.6) is 0 Å². The molecule has 3 unspecified atom stereocenters. The highest BCUT2D eigenvalue weighted by Crippen LogP contribution is 2.64. The molecular formula is C19H22ClN5O3. The van der Waals surface area contributed by atoms with Gasteiger partial charge in [0.1, 0.15) is 11.8 Å². The number of esters is 1. The molecule has 2 N–H and O–H groups in total. The number of hydrogen-bond acceptors (Lipinski definition) is 6. The molecule has 0 radical (unpaired) electrons. The van der Waals surface area contributed by atoms with Crippen molar-refractivity contribution < 1.29 is 14.3 Å². The van der Waals surface area contributed by atoms with E-state index in [2.05, 4.69) is 25.3 Å². The normalized spacial score (nSPS) is 34.4. The predicted molar refractivity (Wildman–Crippen MR) is 102 cm³/mol. The minimum absolute atomic E-state index is 0.276. The monoisotopic (exact) mass is 403 g/mol. The number of H-pyrrole nitrogens is 1. The van der Waals surface area contributed by atoms with Crippen LogP contribution in [0.1, 0.15) is 45.4 Å². The number of nitrogens with zero attached hydrogens (tertiary/aromatic N) is 3. The second-order valence-corrected chi connectivity index (χ2v) is 9.55. The maximum Gasteiger partial charge on any atom is 0.312 e. The van der Waals surface area contributed by atoms with Crippen molar-refractivity contribution in [3.63, 3.8) is 0 Å². The number of amides is 1. The fourth-order valence-electron chi connectivity index (χ4n) is 5.81. The van der Waals surface area contributed by atoms with E-state index in [0.29, 0.717) is 35.2 Å². The molecule has 0 aromatic carbocycles. The summed E-state index contributed by atoms with van der Waals surface area (Å²) < 4.78 is 5.63. The van der Waals surface area contributed by atoms with Crippen molar-refractivity contribution in [2.24, 2.45) is 17.3 Å². The van der Waals surface area contributed by atoms with Gasteiger partial charge in [0.2, 0.25) is 0 Å². The Hall–Kier alpha value is -2.22. The molecule has 3 atom stereocenters. The van der Waals surface area contributed by atoms with Crippen LogP contribution in [-0.2, 0) is 14.3 Å². The van der Waals surface area contributed by atoms with Crippen molar-refractivity contribution in [2.75, 3.05) is 5.32 Å². The van der Waals surface area contributed by atoms with Crippen LogP contribution in [0.2, 0.25) is 0 Å². The number of halogens is 1. The summed E-state index contributed by atoms with van der Waals surface area (Å²) in [4.78, 5) is 40.4. The van der Waals surface area contributed by atoms with Crippen LogP contribution in [0.25, 0.3) is 11.2 Å². The molecule has 4 saturated carbocycles. The number of carbonyl (C=O) groups excluding carboxylic acids is 2. The van der Waals surface area contributed by atoms with Gasteiger partial charge in [-0.2, -0.15) is 0 Å². The molecular weight excluding hydrogens is 382 g/mol. The van der Waals surface area contributed by atoms with Crippen molar-refractivity contribution >= 4 is 40.5 Å². The number of hydrogen-bond donors (Lipinski definition) is 2. The number of fused-ring (bicyclic) bond motifs is 1. The predicted octanol–water partition coefficient (Wildman–Crippen LogP) is 2.80. The van der Waals surface area contributed by atoms with Gasteiger partial charge in [-0.3, -0.25) is 9.59 Å². The standard InChI is InChI=1S/C19H22ClN5O3/c1-10(16(26)25-15-13-14(22-8-21-13)23-9-24-15)28-17(27)18-3-11-2-12(4-18)6-19(20,5-11)7-18/h8-12H,2-7H2,1H3,(H2,21,22,23,24,25,26).